The minimum Gasteiger partial charge on any atom is -0.343 e. The predicted molar refractivity (Wildman–Crippen MR) is 69.0 cm³/mol. The summed E-state index contributed by atoms with van der Waals surface area (Å²) in [6.07, 6.45) is 0.744. The molecule has 114 valence electrons. The normalized spacial score (nSPS) is 15.9. The molecule has 0 radical (unpaired) electrons. The zero-order valence-corrected chi connectivity index (χ0v) is 11.1. The third-order valence-corrected chi connectivity index (χ3v) is 3.23. The Kier molecular flexibility index (Phi) is 4.79. The summed E-state index contributed by atoms with van der Waals surface area (Å²) < 4.78 is 39.2. The lowest BCUT2D eigenvalue weighted by Gasteiger charge is -2.31. The Balaban J connectivity index is 1.91. The summed E-state index contributed by atoms with van der Waals surface area (Å²) in [5, 5.41) is 2.21. The maximum atomic E-state index is 13.4. The van der Waals surface area contributed by atoms with Gasteiger partial charge in [0.25, 0.3) is 0 Å². The van der Waals surface area contributed by atoms with E-state index in [0.717, 1.165) is 18.5 Å². The van der Waals surface area contributed by atoms with Gasteiger partial charge in [-0.25, -0.2) is 13.2 Å². The molecule has 8 heteroatoms. The summed E-state index contributed by atoms with van der Waals surface area (Å²) in [5.41, 5.74) is -0.398. The van der Waals surface area contributed by atoms with Crippen LogP contribution >= 0.6 is 0 Å². The van der Waals surface area contributed by atoms with Crippen LogP contribution in [0.1, 0.15) is 0 Å². The minimum atomic E-state index is -1.62. The molecular weight excluding hydrogens is 287 g/mol. The highest BCUT2D eigenvalue weighted by Crippen LogP contribution is 2.19. The fourth-order valence-corrected chi connectivity index (χ4v) is 2.04. The van der Waals surface area contributed by atoms with Crippen molar-refractivity contribution in [3.05, 3.63) is 29.6 Å². The van der Waals surface area contributed by atoms with Crippen LogP contribution < -0.4 is 5.32 Å². The lowest BCUT2D eigenvalue weighted by atomic mass is 10.2. The van der Waals surface area contributed by atoms with Crippen molar-refractivity contribution in [2.45, 2.75) is 0 Å². The van der Waals surface area contributed by atoms with Crippen molar-refractivity contribution >= 4 is 18.0 Å². The number of halogens is 3. The largest absolute Gasteiger partial charge is 0.343 e. The van der Waals surface area contributed by atoms with Crippen LogP contribution in [-0.4, -0.2) is 54.8 Å². The monoisotopic (exact) mass is 301 g/mol. The average molecular weight is 301 g/mol. The van der Waals surface area contributed by atoms with Gasteiger partial charge in [0.2, 0.25) is 12.3 Å². The molecule has 0 saturated carbocycles. The van der Waals surface area contributed by atoms with Crippen LogP contribution in [-0.2, 0) is 9.59 Å². The number of piperazine rings is 1. The average Bonchev–Trinajstić information content (AvgIpc) is 2.49. The van der Waals surface area contributed by atoms with Gasteiger partial charge in [0.1, 0.15) is 0 Å². The van der Waals surface area contributed by atoms with Gasteiger partial charge in [0, 0.05) is 26.2 Å². The Morgan fingerprint density at radius 2 is 1.81 bits per heavy atom. The van der Waals surface area contributed by atoms with Crippen LogP contribution in [0.25, 0.3) is 0 Å². The summed E-state index contributed by atoms with van der Waals surface area (Å²) in [6.45, 7) is 2.05. The number of carbonyl (C=O) groups excluding carboxylic acids is 2. The zero-order valence-electron chi connectivity index (χ0n) is 11.1. The molecular formula is C13H14F3N3O2. The van der Waals surface area contributed by atoms with Gasteiger partial charge < -0.3 is 10.2 Å². The molecule has 0 aromatic heterocycles. The molecule has 1 aliphatic heterocycles. The Morgan fingerprint density at radius 1 is 1.14 bits per heavy atom. The van der Waals surface area contributed by atoms with E-state index in [2.05, 4.69) is 5.32 Å². The van der Waals surface area contributed by atoms with Gasteiger partial charge in [-0.1, -0.05) is 0 Å². The lowest BCUT2D eigenvalue weighted by molar-refractivity contribution is -0.120. The molecule has 2 amide bonds. The topological polar surface area (TPSA) is 52.7 Å². The van der Waals surface area contributed by atoms with Crippen molar-refractivity contribution in [2.75, 3.05) is 38.0 Å². The summed E-state index contributed by atoms with van der Waals surface area (Å²) in [4.78, 5) is 25.7. The summed E-state index contributed by atoms with van der Waals surface area (Å²) in [5.74, 6) is -4.88. The van der Waals surface area contributed by atoms with Gasteiger partial charge in [-0.3, -0.25) is 14.5 Å². The molecule has 1 aromatic rings. The minimum absolute atomic E-state index is 0.00880. The fraction of sp³-hybridized carbons (Fsp3) is 0.385. The standard InChI is InChI=1S/C13H14F3N3O2/c14-9-1-2-10(13(16)12(9)15)17-11(21)7-18-3-5-19(8-20)6-4-18/h1-2,8H,3-7H2,(H,17,21). The van der Waals surface area contributed by atoms with E-state index in [0.29, 0.717) is 26.2 Å². The highest BCUT2D eigenvalue weighted by Gasteiger charge is 2.19. The van der Waals surface area contributed by atoms with E-state index in [1.807, 2.05) is 0 Å². The van der Waals surface area contributed by atoms with Gasteiger partial charge in [-0.15, -0.1) is 0 Å². The molecule has 5 nitrogen and oxygen atoms in total. The van der Waals surface area contributed by atoms with Crippen LogP contribution in [0.5, 0.6) is 0 Å². The van der Waals surface area contributed by atoms with Gasteiger partial charge in [0.05, 0.1) is 12.2 Å². The molecule has 21 heavy (non-hydrogen) atoms. The number of benzene rings is 1. The van der Waals surface area contributed by atoms with Crippen molar-refractivity contribution < 1.29 is 22.8 Å². The van der Waals surface area contributed by atoms with E-state index in [9.17, 15) is 22.8 Å². The maximum absolute atomic E-state index is 13.4. The van der Waals surface area contributed by atoms with Crippen molar-refractivity contribution in [3.63, 3.8) is 0 Å². The number of hydrogen-bond acceptors (Lipinski definition) is 3. The van der Waals surface area contributed by atoms with Crippen molar-refractivity contribution in [2.24, 2.45) is 0 Å². The van der Waals surface area contributed by atoms with Gasteiger partial charge in [-0.2, -0.15) is 0 Å². The molecule has 1 N–H and O–H groups in total. The maximum Gasteiger partial charge on any atom is 0.238 e. The molecule has 0 aliphatic carbocycles. The van der Waals surface area contributed by atoms with E-state index in [-0.39, 0.29) is 6.54 Å². The first kappa shape index (κ1) is 15.3. The quantitative estimate of drug-likeness (QED) is 0.661. The second kappa shape index (κ2) is 6.57. The van der Waals surface area contributed by atoms with Gasteiger partial charge in [0.15, 0.2) is 17.5 Å². The molecule has 0 unspecified atom stereocenters. The Hall–Kier alpha value is -2.09. The zero-order chi connectivity index (χ0) is 15.4. The summed E-state index contributed by atoms with van der Waals surface area (Å²) in [7, 11) is 0. The molecule has 0 spiro atoms. The first-order valence-corrected chi connectivity index (χ1v) is 6.36. The molecule has 1 fully saturated rings. The predicted octanol–water partition coefficient (Wildman–Crippen LogP) is 0.816. The summed E-state index contributed by atoms with van der Waals surface area (Å²) in [6, 6.07) is 1.72. The number of carbonyl (C=O) groups is 2. The van der Waals surface area contributed by atoms with Crippen LogP contribution in [0.2, 0.25) is 0 Å². The molecule has 0 bridgehead atoms. The van der Waals surface area contributed by atoms with E-state index in [1.54, 1.807) is 9.80 Å². The fourth-order valence-electron chi connectivity index (χ4n) is 2.04. The van der Waals surface area contributed by atoms with E-state index >= 15 is 0 Å². The number of nitrogens with one attached hydrogen (secondary N) is 1. The molecule has 2 rings (SSSR count). The Bertz CT molecular complexity index is 546. The molecule has 0 atom stereocenters. The second-order valence-corrected chi connectivity index (χ2v) is 4.69. The Labute approximate surface area is 119 Å². The lowest BCUT2D eigenvalue weighted by Crippen LogP contribution is -2.48. The molecule has 1 aliphatic rings. The highest BCUT2D eigenvalue weighted by molar-refractivity contribution is 5.92. The Morgan fingerprint density at radius 3 is 2.43 bits per heavy atom. The smallest absolute Gasteiger partial charge is 0.238 e. The summed E-state index contributed by atoms with van der Waals surface area (Å²) >= 11 is 0. The second-order valence-electron chi connectivity index (χ2n) is 4.69. The van der Waals surface area contributed by atoms with Crippen LogP contribution in [0.15, 0.2) is 12.1 Å². The van der Waals surface area contributed by atoms with Gasteiger partial charge in [-0.05, 0) is 12.1 Å². The van der Waals surface area contributed by atoms with Crippen LogP contribution in [0, 0.1) is 17.5 Å². The SMILES string of the molecule is O=CN1CCN(CC(=O)Nc2ccc(F)c(F)c2F)CC1. The number of rotatable bonds is 4. The number of hydrogen-bond donors (Lipinski definition) is 1. The van der Waals surface area contributed by atoms with Crippen LogP contribution in [0.3, 0.4) is 0 Å². The van der Waals surface area contributed by atoms with Crippen molar-refractivity contribution in [1.82, 2.24) is 9.80 Å². The highest BCUT2D eigenvalue weighted by atomic mass is 19.2. The van der Waals surface area contributed by atoms with Crippen molar-refractivity contribution in [1.29, 1.82) is 0 Å². The van der Waals surface area contributed by atoms with Crippen LogP contribution in [0.4, 0.5) is 18.9 Å². The number of nitrogens with zero attached hydrogens (tertiary/aromatic N) is 2. The third-order valence-electron chi connectivity index (χ3n) is 3.23. The van der Waals surface area contributed by atoms with E-state index in [4.69, 9.17) is 0 Å². The van der Waals surface area contributed by atoms with Gasteiger partial charge >= 0.3 is 0 Å². The molecule has 1 heterocycles. The van der Waals surface area contributed by atoms with Crippen molar-refractivity contribution in [3.8, 4) is 0 Å². The molecule has 1 saturated heterocycles. The first-order chi connectivity index (χ1) is 10.0. The first-order valence-electron chi connectivity index (χ1n) is 6.36. The van der Waals surface area contributed by atoms with E-state index < -0.39 is 29.0 Å². The third kappa shape index (κ3) is 3.72. The number of amides is 2. The number of anilines is 1. The van der Waals surface area contributed by atoms with E-state index in [1.165, 1.54) is 0 Å². The molecule has 1 aromatic carbocycles.